The highest BCUT2D eigenvalue weighted by Crippen LogP contribution is 2.25. The number of carbonyl (C=O) groups is 1. The highest BCUT2D eigenvalue weighted by molar-refractivity contribution is 7.90. The number of rotatable bonds is 5. The van der Waals surface area contributed by atoms with Gasteiger partial charge in [0.1, 0.15) is 0 Å². The first-order valence-electron chi connectivity index (χ1n) is 7.99. The average molecular weight is 366 g/mol. The number of nitrogen functional groups attached to an aromatic ring is 1. The number of nitrogens with one attached hydrogen (secondary N) is 1. The molecule has 0 atom stereocenters. The number of sulfonamides is 1. The fourth-order valence-corrected chi connectivity index (χ4v) is 3.68. The highest BCUT2D eigenvalue weighted by Gasteiger charge is 2.27. The van der Waals surface area contributed by atoms with Crippen LogP contribution in [0.5, 0.6) is 0 Å². The summed E-state index contributed by atoms with van der Waals surface area (Å²) in [4.78, 5) is 12.9. The summed E-state index contributed by atoms with van der Waals surface area (Å²) in [5.74, 6) is -1.35. The minimum atomic E-state index is -3.99. The molecule has 0 aliphatic rings. The van der Waals surface area contributed by atoms with Crippen LogP contribution in [-0.2, 0) is 14.8 Å². The van der Waals surface area contributed by atoms with Crippen LogP contribution in [-0.4, -0.2) is 14.3 Å². The molecule has 0 saturated heterocycles. The van der Waals surface area contributed by atoms with Crippen molar-refractivity contribution in [3.05, 3.63) is 96.1 Å². The minimum Gasteiger partial charge on any atom is -0.399 e. The van der Waals surface area contributed by atoms with Gasteiger partial charge in [-0.1, -0.05) is 60.7 Å². The molecule has 26 heavy (non-hydrogen) atoms. The lowest BCUT2D eigenvalue weighted by atomic mass is 9.91. The molecule has 3 rings (SSSR count). The lowest BCUT2D eigenvalue weighted by Crippen LogP contribution is -2.35. The van der Waals surface area contributed by atoms with E-state index in [1.165, 1.54) is 24.3 Å². The summed E-state index contributed by atoms with van der Waals surface area (Å²) in [6.07, 6.45) is 0. The maximum absolute atomic E-state index is 12.9. The first-order chi connectivity index (χ1) is 12.5. The van der Waals surface area contributed by atoms with Crippen LogP contribution in [0.2, 0.25) is 0 Å². The van der Waals surface area contributed by atoms with E-state index in [1.54, 1.807) is 24.3 Å². The first-order valence-corrected chi connectivity index (χ1v) is 9.48. The minimum absolute atomic E-state index is 0.0140. The number of hydrogen-bond donors (Lipinski definition) is 2. The van der Waals surface area contributed by atoms with Gasteiger partial charge in [-0.2, -0.15) is 0 Å². The molecule has 0 unspecified atom stereocenters. The van der Waals surface area contributed by atoms with Crippen molar-refractivity contribution in [1.82, 2.24) is 4.72 Å². The Labute approximate surface area is 152 Å². The van der Waals surface area contributed by atoms with Gasteiger partial charge in [0.25, 0.3) is 10.0 Å². The Kier molecular flexibility index (Phi) is 5.04. The summed E-state index contributed by atoms with van der Waals surface area (Å²) >= 11 is 0. The topological polar surface area (TPSA) is 89.3 Å². The highest BCUT2D eigenvalue weighted by atomic mass is 32.2. The number of amides is 1. The molecule has 0 aliphatic carbocycles. The van der Waals surface area contributed by atoms with Gasteiger partial charge in [-0.25, -0.2) is 13.1 Å². The molecule has 0 radical (unpaired) electrons. The molecular weight excluding hydrogens is 348 g/mol. The SMILES string of the molecule is Nc1ccc(S(=O)(=O)NC(=O)C(c2ccccc2)c2ccccc2)cc1. The Morgan fingerprint density at radius 1 is 0.769 bits per heavy atom. The van der Waals surface area contributed by atoms with Gasteiger partial charge >= 0.3 is 0 Å². The van der Waals surface area contributed by atoms with E-state index in [-0.39, 0.29) is 4.90 Å². The van der Waals surface area contributed by atoms with Crippen molar-refractivity contribution in [1.29, 1.82) is 0 Å². The van der Waals surface area contributed by atoms with Gasteiger partial charge in [-0.15, -0.1) is 0 Å². The zero-order valence-corrected chi connectivity index (χ0v) is 14.7. The van der Waals surface area contributed by atoms with Gasteiger partial charge in [0.05, 0.1) is 10.8 Å². The predicted molar refractivity (Wildman–Crippen MR) is 101 cm³/mol. The molecule has 0 saturated carbocycles. The van der Waals surface area contributed by atoms with E-state index in [1.807, 2.05) is 36.4 Å². The molecule has 3 aromatic rings. The fraction of sp³-hybridized carbons (Fsp3) is 0.0500. The summed E-state index contributed by atoms with van der Waals surface area (Å²) in [6, 6.07) is 23.8. The fourth-order valence-electron chi connectivity index (χ4n) is 2.68. The molecule has 0 aromatic heterocycles. The molecule has 0 heterocycles. The Morgan fingerprint density at radius 2 is 1.23 bits per heavy atom. The molecule has 132 valence electrons. The van der Waals surface area contributed by atoms with Crippen LogP contribution in [0.4, 0.5) is 5.69 Å². The zero-order chi connectivity index (χ0) is 18.6. The number of nitrogens with two attached hydrogens (primary N) is 1. The molecule has 0 bridgehead atoms. The molecule has 3 N–H and O–H groups in total. The van der Waals surface area contributed by atoms with Crippen LogP contribution in [0.3, 0.4) is 0 Å². The van der Waals surface area contributed by atoms with E-state index < -0.39 is 21.8 Å². The second-order valence-electron chi connectivity index (χ2n) is 5.79. The predicted octanol–water partition coefficient (Wildman–Crippen LogP) is 2.91. The van der Waals surface area contributed by atoms with Crippen LogP contribution in [0.25, 0.3) is 0 Å². The second kappa shape index (κ2) is 7.41. The van der Waals surface area contributed by atoms with Gasteiger partial charge in [-0.05, 0) is 35.4 Å². The third kappa shape index (κ3) is 3.92. The first kappa shape index (κ1) is 17.7. The molecular formula is C20H18N2O3S. The van der Waals surface area contributed by atoms with Crippen LogP contribution < -0.4 is 10.5 Å². The van der Waals surface area contributed by atoms with E-state index in [0.29, 0.717) is 16.8 Å². The van der Waals surface area contributed by atoms with Gasteiger partial charge in [-0.3, -0.25) is 4.79 Å². The summed E-state index contributed by atoms with van der Waals surface area (Å²) < 4.78 is 27.3. The summed E-state index contributed by atoms with van der Waals surface area (Å²) in [7, 11) is -3.99. The average Bonchev–Trinajstić information content (AvgIpc) is 2.63. The lowest BCUT2D eigenvalue weighted by Gasteiger charge is -2.18. The Hall–Kier alpha value is -3.12. The van der Waals surface area contributed by atoms with Crippen molar-refractivity contribution in [2.24, 2.45) is 0 Å². The monoisotopic (exact) mass is 366 g/mol. The normalized spacial score (nSPS) is 11.3. The maximum Gasteiger partial charge on any atom is 0.264 e. The van der Waals surface area contributed by atoms with Crippen LogP contribution in [0, 0.1) is 0 Å². The lowest BCUT2D eigenvalue weighted by molar-refractivity contribution is -0.119. The van der Waals surface area contributed by atoms with Crippen LogP contribution in [0.15, 0.2) is 89.8 Å². The van der Waals surface area contributed by atoms with Gasteiger partial charge < -0.3 is 5.73 Å². The van der Waals surface area contributed by atoms with E-state index in [4.69, 9.17) is 5.73 Å². The third-order valence-corrected chi connectivity index (χ3v) is 5.32. The van der Waals surface area contributed by atoms with E-state index in [2.05, 4.69) is 4.72 Å². The van der Waals surface area contributed by atoms with Crippen molar-refractivity contribution in [3.63, 3.8) is 0 Å². The molecule has 3 aromatic carbocycles. The van der Waals surface area contributed by atoms with Crippen LogP contribution >= 0.6 is 0 Å². The summed E-state index contributed by atoms with van der Waals surface area (Å²) in [5, 5.41) is 0. The molecule has 0 spiro atoms. The molecule has 6 heteroatoms. The molecule has 0 aliphatic heterocycles. The molecule has 1 amide bonds. The Morgan fingerprint density at radius 3 is 1.69 bits per heavy atom. The smallest absolute Gasteiger partial charge is 0.264 e. The number of carbonyl (C=O) groups excluding carboxylic acids is 1. The van der Waals surface area contributed by atoms with E-state index in [9.17, 15) is 13.2 Å². The number of hydrogen-bond acceptors (Lipinski definition) is 4. The van der Waals surface area contributed by atoms with Gasteiger partial charge in [0.2, 0.25) is 5.91 Å². The molecule has 5 nitrogen and oxygen atoms in total. The van der Waals surface area contributed by atoms with Crippen molar-refractivity contribution in [3.8, 4) is 0 Å². The standard InChI is InChI=1S/C20H18N2O3S/c21-17-11-13-18(14-12-17)26(24,25)22-20(23)19(15-7-3-1-4-8-15)16-9-5-2-6-10-16/h1-14,19H,21H2,(H,22,23). The van der Waals surface area contributed by atoms with Crippen molar-refractivity contribution >= 4 is 21.6 Å². The maximum atomic E-state index is 12.9. The third-order valence-electron chi connectivity index (χ3n) is 3.95. The molecule has 0 fully saturated rings. The Bertz CT molecular complexity index is 947. The van der Waals surface area contributed by atoms with E-state index in [0.717, 1.165) is 0 Å². The summed E-state index contributed by atoms with van der Waals surface area (Å²) in [5.41, 5.74) is 7.46. The number of benzene rings is 3. The second-order valence-corrected chi connectivity index (χ2v) is 7.48. The van der Waals surface area contributed by atoms with Crippen molar-refractivity contribution < 1.29 is 13.2 Å². The van der Waals surface area contributed by atoms with Crippen LogP contribution in [0.1, 0.15) is 17.0 Å². The zero-order valence-electron chi connectivity index (χ0n) is 13.9. The van der Waals surface area contributed by atoms with Crippen molar-refractivity contribution in [2.75, 3.05) is 5.73 Å². The largest absolute Gasteiger partial charge is 0.399 e. The van der Waals surface area contributed by atoms with E-state index >= 15 is 0 Å². The number of anilines is 1. The quantitative estimate of drug-likeness (QED) is 0.680. The Balaban J connectivity index is 1.95. The summed E-state index contributed by atoms with van der Waals surface area (Å²) in [6.45, 7) is 0. The van der Waals surface area contributed by atoms with Gasteiger partial charge in [0, 0.05) is 5.69 Å². The van der Waals surface area contributed by atoms with Crippen molar-refractivity contribution in [2.45, 2.75) is 10.8 Å². The van der Waals surface area contributed by atoms with Gasteiger partial charge in [0.15, 0.2) is 0 Å².